The maximum atomic E-state index is 11.4. The Balaban J connectivity index is 1.07. The zero-order valence-electron chi connectivity index (χ0n) is 30.2. The standard InChI is InChI=1S/C41H41N9O4/c1-23-30(5-3-7-32(23)39-46-35-16-25(15-28(18-42)37(35)54-39)20-49-12-9-27(10-13-49)40(52)53)31-6-4-8-33(24(31)2)45-38-36-34(47-41(43)48-38)17-26(19-44-36)21-50-14-11-29(51)22-50/h3-8,15-17,19,27,29,51H,9-14,20-22H2,1-2H3,(H,52,53)(H3,43,45,47,48)/t29-/m0/s1. The zero-order chi connectivity index (χ0) is 37.5. The molecule has 54 heavy (non-hydrogen) atoms. The molecule has 2 aliphatic heterocycles. The van der Waals surface area contributed by atoms with Crippen LogP contribution in [0, 0.1) is 31.1 Å². The highest BCUT2D eigenvalue weighted by atomic mass is 16.4. The third kappa shape index (κ3) is 6.94. The average Bonchev–Trinajstić information content (AvgIpc) is 3.78. The lowest BCUT2D eigenvalue weighted by Gasteiger charge is -2.30. The van der Waals surface area contributed by atoms with Crippen molar-refractivity contribution in [3.63, 3.8) is 0 Å². The summed E-state index contributed by atoms with van der Waals surface area (Å²) in [5.74, 6) is 0.0478. The second-order valence-corrected chi connectivity index (χ2v) is 14.4. The van der Waals surface area contributed by atoms with Crippen molar-refractivity contribution < 1.29 is 19.4 Å². The van der Waals surface area contributed by atoms with E-state index in [4.69, 9.17) is 20.1 Å². The van der Waals surface area contributed by atoms with Gasteiger partial charge in [-0.15, -0.1) is 0 Å². The zero-order valence-corrected chi connectivity index (χ0v) is 30.2. The average molecular weight is 724 g/mol. The first-order valence-electron chi connectivity index (χ1n) is 18.2. The van der Waals surface area contributed by atoms with Gasteiger partial charge in [-0.25, -0.2) is 9.97 Å². The molecule has 0 aliphatic carbocycles. The number of aromatic nitrogens is 4. The summed E-state index contributed by atoms with van der Waals surface area (Å²) in [4.78, 5) is 34.4. The Labute approximate surface area is 312 Å². The predicted octanol–water partition coefficient (Wildman–Crippen LogP) is 6.18. The lowest BCUT2D eigenvalue weighted by Crippen LogP contribution is -2.35. The van der Waals surface area contributed by atoms with Gasteiger partial charge in [0.25, 0.3) is 0 Å². The number of hydrogen-bond acceptors (Lipinski definition) is 12. The number of nitrogens with one attached hydrogen (secondary N) is 1. The molecule has 0 radical (unpaired) electrons. The van der Waals surface area contributed by atoms with E-state index in [1.54, 1.807) is 0 Å². The summed E-state index contributed by atoms with van der Waals surface area (Å²) in [6.07, 6.45) is 3.53. The summed E-state index contributed by atoms with van der Waals surface area (Å²) in [7, 11) is 0. The fourth-order valence-corrected chi connectivity index (χ4v) is 7.79. The van der Waals surface area contributed by atoms with Crippen molar-refractivity contribution in [2.75, 3.05) is 37.2 Å². The SMILES string of the molecule is Cc1c(Nc2nc(N)nc3cc(CN4CC[C@H](O)C4)cnc23)cccc1-c1cccc(-c2nc3cc(CN4CCC(C(=O)O)CC4)cc(C#N)c3o2)c1C. The molecule has 5 heterocycles. The maximum absolute atomic E-state index is 11.4. The van der Waals surface area contributed by atoms with Crippen molar-refractivity contribution in [3.05, 3.63) is 88.6 Å². The number of anilines is 3. The summed E-state index contributed by atoms with van der Waals surface area (Å²) < 4.78 is 6.30. The van der Waals surface area contributed by atoms with E-state index in [1.807, 2.05) is 55.6 Å². The van der Waals surface area contributed by atoms with Crippen LogP contribution in [0.5, 0.6) is 0 Å². The quantitative estimate of drug-likeness (QED) is 0.132. The summed E-state index contributed by atoms with van der Waals surface area (Å²) in [6, 6.07) is 20.1. The molecule has 3 aromatic carbocycles. The first-order chi connectivity index (χ1) is 26.1. The van der Waals surface area contributed by atoms with Crippen LogP contribution in [0.3, 0.4) is 0 Å². The molecule has 0 spiro atoms. The van der Waals surface area contributed by atoms with Crippen molar-refractivity contribution in [1.82, 2.24) is 29.7 Å². The van der Waals surface area contributed by atoms with Crippen molar-refractivity contribution in [1.29, 1.82) is 5.26 Å². The number of aliphatic carboxylic acids is 1. The highest BCUT2D eigenvalue weighted by Gasteiger charge is 2.26. The van der Waals surface area contributed by atoms with Gasteiger partial charge in [0, 0.05) is 43.6 Å². The molecule has 0 saturated carbocycles. The third-order valence-electron chi connectivity index (χ3n) is 10.7. The highest BCUT2D eigenvalue weighted by Crippen LogP contribution is 2.38. The first kappa shape index (κ1) is 35.1. The van der Waals surface area contributed by atoms with Crippen LogP contribution < -0.4 is 11.1 Å². The smallest absolute Gasteiger partial charge is 0.306 e. The number of aliphatic hydroxyl groups excluding tert-OH is 1. The molecule has 0 unspecified atom stereocenters. The number of carbonyl (C=O) groups is 1. The minimum Gasteiger partial charge on any atom is -0.481 e. The minimum atomic E-state index is -0.735. The number of aliphatic hydroxyl groups is 1. The van der Waals surface area contributed by atoms with E-state index in [2.05, 4.69) is 50.2 Å². The van der Waals surface area contributed by atoms with Gasteiger partial charge in [-0.05, 0) is 110 Å². The number of carboxylic acids is 1. The number of β-amino-alcohol motifs (C(OH)–C–C–N with tert-alkyl or cyclic N) is 1. The Hall–Kier alpha value is -5.94. The molecule has 0 amide bonds. The van der Waals surface area contributed by atoms with Crippen molar-refractivity contribution in [2.24, 2.45) is 5.92 Å². The van der Waals surface area contributed by atoms with E-state index in [-0.39, 0.29) is 18.0 Å². The Bertz CT molecular complexity index is 2450. The maximum Gasteiger partial charge on any atom is 0.306 e. The van der Waals surface area contributed by atoms with Crippen LogP contribution in [-0.2, 0) is 17.9 Å². The Morgan fingerprint density at radius 3 is 2.37 bits per heavy atom. The van der Waals surface area contributed by atoms with Crippen LogP contribution in [0.1, 0.15) is 47.1 Å². The number of likely N-dealkylation sites (tertiary alicyclic amines) is 2. The number of nitrogens with two attached hydrogens (primary N) is 1. The number of nitrogens with zero attached hydrogens (tertiary/aromatic N) is 7. The van der Waals surface area contributed by atoms with Crippen LogP contribution in [-0.4, -0.2) is 78.2 Å². The number of nitrogen functional groups attached to an aromatic ring is 1. The number of rotatable bonds is 9. The van der Waals surface area contributed by atoms with Gasteiger partial charge in [-0.3, -0.25) is 19.6 Å². The van der Waals surface area contributed by atoms with E-state index < -0.39 is 5.97 Å². The molecule has 5 N–H and O–H groups in total. The largest absolute Gasteiger partial charge is 0.481 e. The Morgan fingerprint density at radius 1 is 0.926 bits per heavy atom. The van der Waals surface area contributed by atoms with Gasteiger partial charge in [0.05, 0.1) is 23.1 Å². The van der Waals surface area contributed by atoms with Crippen LogP contribution >= 0.6 is 0 Å². The molecule has 8 rings (SSSR count). The summed E-state index contributed by atoms with van der Waals surface area (Å²) >= 11 is 0. The fourth-order valence-electron chi connectivity index (χ4n) is 7.79. The summed E-state index contributed by atoms with van der Waals surface area (Å²) in [5.41, 5.74) is 16.5. The summed E-state index contributed by atoms with van der Waals surface area (Å²) in [5, 5.41) is 32.8. The molecule has 274 valence electrons. The summed E-state index contributed by atoms with van der Waals surface area (Å²) in [6.45, 7) is 8.24. The number of carboxylic acid groups (broad SMARTS) is 1. The molecule has 2 saturated heterocycles. The topological polar surface area (TPSA) is 191 Å². The number of hydrogen-bond donors (Lipinski definition) is 4. The number of benzene rings is 3. The second-order valence-electron chi connectivity index (χ2n) is 14.4. The molecular weight excluding hydrogens is 683 g/mol. The van der Waals surface area contributed by atoms with Crippen molar-refractivity contribution >= 4 is 45.6 Å². The highest BCUT2D eigenvalue weighted by molar-refractivity contribution is 5.90. The molecule has 0 bridgehead atoms. The van der Waals surface area contributed by atoms with Crippen LogP contribution in [0.15, 0.2) is 65.2 Å². The normalized spacial score (nSPS) is 17.0. The molecule has 3 aromatic heterocycles. The van der Waals surface area contributed by atoms with Crippen molar-refractivity contribution in [3.8, 4) is 28.7 Å². The van der Waals surface area contributed by atoms with E-state index in [9.17, 15) is 20.3 Å². The van der Waals surface area contributed by atoms with E-state index in [0.717, 1.165) is 57.6 Å². The fraction of sp³-hybridized carbons (Fsp3) is 0.317. The number of oxazole rings is 1. The van der Waals surface area contributed by atoms with Gasteiger partial charge in [0.15, 0.2) is 11.4 Å². The molecular formula is C41H41N9O4. The predicted molar refractivity (Wildman–Crippen MR) is 206 cm³/mol. The Kier molecular flexibility index (Phi) is 9.41. The van der Waals surface area contributed by atoms with Crippen LogP contribution in [0.4, 0.5) is 17.5 Å². The Morgan fingerprint density at radius 2 is 1.63 bits per heavy atom. The van der Waals surface area contributed by atoms with Gasteiger partial charge < -0.3 is 25.7 Å². The minimum absolute atomic E-state index is 0.142. The van der Waals surface area contributed by atoms with E-state index in [1.165, 1.54) is 0 Å². The van der Waals surface area contributed by atoms with Gasteiger partial charge in [0.2, 0.25) is 11.8 Å². The lowest BCUT2D eigenvalue weighted by atomic mass is 9.93. The molecule has 2 aliphatic rings. The number of pyridine rings is 1. The lowest BCUT2D eigenvalue weighted by molar-refractivity contribution is -0.143. The van der Waals surface area contributed by atoms with Crippen LogP contribution in [0.2, 0.25) is 0 Å². The number of nitriles is 1. The molecule has 2 fully saturated rings. The van der Waals surface area contributed by atoms with Gasteiger partial charge in [-0.2, -0.15) is 10.2 Å². The third-order valence-corrected chi connectivity index (χ3v) is 10.7. The molecule has 13 heteroatoms. The molecule has 13 nitrogen and oxygen atoms in total. The van der Waals surface area contributed by atoms with Gasteiger partial charge >= 0.3 is 5.97 Å². The van der Waals surface area contributed by atoms with Crippen molar-refractivity contribution in [2.45, 2.75) is 52.3 Å². The molecule has 6 aromatic rings. The van der Waals surface area contributed by atoms with Gasteiger partial charge in [-0.1, -0.05) is 24.3 Å². The van der Waals surface area contributed by atoms with E-state index in [0.29, 0.717) is 85.0 Å². The first-order valence-corrected chi connectivity index (χ1v) is 18.2. The van der Waals surface area contributed by atoms with Crippen LogP contribution in [0.25, 0.3) is 44.7 Å². The monoisotopic (exact) mass is 723 g/mol. The molecule has 1 atom stereocenters. The van der Waals surface area contributed by atoms with Gasteiger partial charge in [0.1, 0.15) is 17.1 Å². The number of fused-ring (bicyclic) bond motifs is 2. The second kappa shape index (κ2) is 14.5. The van der Waals surface area contributed by atoms with E-state index >= 15 is 0 Å². The number of piperidine rings is 1.